The molecule has 8 nitrogen and oxygen atoms in total. The highest BCUT2D eigenvalue weighted by Crippen LogP contribution is 2.22. The lowest BCUT2D eigenvalue weighted by molar-refractivity contribution is -0.113. The molecule has 1 aromatic heterocycles. The van der Waals surface area contributed by atoms with Crippen molar-refractivity contribution in [3.8, 4) is 5.75 Å². The molecule has 0 fully saturated rings. The molecule has 0 spiro atoms. The smallest absolute Gasteiger partial charge is 0.234 e. The molecule has 0 aliphatic carbocycles. The van der Waals surface area contributed by atoms with Gasteiger partial charge in [0.2, 0.25) is 5.91 Å². The van der Waals surface area contributed by atoms with Gasteiger partial charge in [0.25, 0.3) is 0 Å². The minimum absolute atomic E-state index is 0.135. The van der Waals surface area contributed by atoms with E-state index in [0.29, 0.717) is 34.9 Å². The fraction of sp³-hybridized carbons (Fsp3) is 0.222. The van der Waals surface area contributed by atoms with E-state index in [0.717, 1.165) is 11.4 Å². The van der Waals surface area contributed by atoms with Crippen LogP contribution in [-0.2, 0) is 18.4 Å². The Morgan fingerprint density at radius 2 is 1.61 bits per heavy atom. The molecule has 0 aliphatic rings. The Kier molecular flexibility index (Phi) is 8.46. The highest BCUT2D eigenvalue weighted by Gasteiger charge is 2.12. The standard InChI is InChI=1S/C27H28N6O2S/c1-19(2)20-9-15-24(16-10-20)35-17-25-31-32-27(33(25)3)36-18-26(34)28-21-11-13-23(14-12-21)30-29-22-7-5-4-6-8-22/h4-16,19H,17-18H2,1-3H3,(H,28,34). The molecule has 0 radical (unpaired) electrons. The van der Waals surface area contributed by atoms with Crippen LogP contribution in [0, 0.1) is 0 Å². The Balaban J connectivity index is 1.24. The van der Waals surface area contributed by atoms with E-state index in [2.05, 4.69) is 51.7 Å². The topological polar surface area (TPSA) is 93.8 Å². The molecule has 0 bridgehead atoms. The minimum Gasteiger partial charge on any atom is -0.486 e. The molecule has 4 rings (SSSR count). The zero-order chi connectivity index (χ0) is 25.3. The molecule has 1 heterocycles. The van der Waals surface area contributed by atoms with Gasteiger partial charge in [0.05, 0.1) is 17.1 Å². The summed E-state index contributed by atoms with van der Waals surface area (Å²) in [4.78, 5) is 12.4. The Hall–Kier alpha value is -3.98. The SMILES string of the molecule is CC(C)c1ccc(OCc2nnc(SCC(=O)Nc3ccc(N=Nc4ccccc4)cc3)n2C)cc1. The fourth-order valence-electron chi connectivity index (χ4n) is 3.24. The van der Waals surface area contributed by atoms with Gasteiger partial charge in [-0.25, -0.2) is 0 Å². The van der Waals surface area contributed by atoms with E-state index in [9.17, 15) is 4.79 Å². The third-order valence-electron chi connectivity index (χ3n) is 5.36. The lowest BCUT2D eigenvalue weighted by Gasteiger charge is -2.09. The fourth-order valence-corrected chi connectivity index (χ4v) is 3.97. The third-order valence-corrected chi connectivity index (χ3v) is 6.38. The van der Waals surface area contributed by atoms with Crippen LogP contribution >= 0.6 is 11.8 Å². The molecule has 3 aromatic carbocycles. The number of hydrogen-bond donors (Lipinski definition) is 1. The highest BCUT2D eigenvalue weighted by molar-refractivity contribution is 7.99. The Bertz CT molecular complexity index is 1300. The van der Waals surface area contributed by atoms with E-state index in [1.165, 1.54) is 17.3 Å². The van der Waals surface area contributed by atoms with E-state index in [-0.39, 0.29) is 11.7 Å². The quantitative estimate of drug-likeness (QED) is 0.194. The number of rotatable bonds is 10. The molecule has 1 N–H and O–H groups in total. The molecular weight excluding hydrogens is 472 g/mol. The normalized spacial score (nSPS) is 11.2. The number of ether oxygens (including phenoxy) is 1. The second-order valence-corrected chi connectivity index (χ2v) is 9.33. The van der Waals surface area contributed by atoms with Crippen LogP contribution in [0.25, 0.3) is 0 Å². The van der Waals surface area contributed by atoms with E-state index in [4.69, 9.17) is 4.74 Å². The van der Waals surface area contributed by atoms with Crippen molar-refractivity contribution in [2.24, 2.45) is 17.3 Å². The summed E-state index contributed by atoms with van der Waals surface area (Å²) < 4.78 is 7.69. The Morgan fingerprint density at radius 1 is 0.944 bits per heavy atom. The van der Waals surface area contributed by atoms with Gasteiger partial charge >= 0.3 is 0 Å². The first-order valence-electron chi connectivity index (χ1n) is 11.6. The van der Waals surface area contributed by atoms with Crippen molar-refractivity contribution in [3.05, 3.63) is 90.3 Å². The summed E-state index contributed by atoms with van der Waals surface area (Å²) in [6, 6.07) is 24.8. The van der Waals surface area contributed by atoms with Gasteiger partial charge in [0, 0.05) is 12.7 Å². The van der Waals surface area contributed by atoms with Crippen molar-refractivity contribution in [1.29, 1.82) is 0 Å². The number of anilines is 1. The van der Waals surface area contributed by atoms with Gasteiger partial charge < -0.3 is 14.6 Å². The molecule has 1 amide bonds. The van der Waals surface area contributed by atoms with Gasteiger partial charge in [-0.1, -0.05) is 55.9 Å². The molecule has 9 heteroatoms. The van der Waals surface area contributed by atoms with Crippen molar-refractivity contribution < 1.29 is 9.53 Å². The van der Waals surface area contributed by atoms with Gasteiger partial charge in [-0.15, -0.1) is 10.2 Å². The summed E-state index contributed by atoms with van der Waals surface area (Å²) in [6.07, 6.45) is 0. The van der Waals surface area contributed by atoms with Gasteiger partial charge in [-0.3, -0.25) is 4.79 Å². The number of nitrogens with zero attached hydrogens (tertiary/aromatic N) is 5. The lowest BCUT2D eigenvalue weighted by Crippen LogP contribution is -2.14. The van der Waals surface area contributed by atoms with Gasteiger partial charge in [-0.2, -0.15) is 10.2 Å². The minimum atomic E-state index is -0.135. The molecule has 0 saturated heterocycles. The number of nitrogens with one attached hydrogen (secondary N) is 1. The van der Waals surface area contributed by atoms with Gasteiger partial charge in [0.1, 0.15) is 12.4 Å². The maximum Gasteiger partial charge on any atom is 0.234 e. The van der Waals surface area contributed by atoms with Crippen LogP contribution in [0.15, 0.2) is 94.2 Å². The van der Waals surface area contributed by atoms with E-state index in [1.54, 1.807) is 24.3 Å². The summed E-state index contributed by atoms with van der Waals surface area (Å²) >= 11 is 1.32. The predicted octanol–water partition coefficient (Wildman–Crippen LogP) is 6.66. The Labute approximate surface area is 214 Å². The van der Waals surface area contributed by atoms with Crippen molar-refractivity contribution in [2.45, 2.75) is 31.5 Å². The second-order valence-electron chi connectivity index (χ2n) is 8.39. The number of carbonyl (C=O) groups excluding carboxylic acids is 1. The second kappa shape index (κ2) is 12.1. The van der Waals surface area contributed by atoms with Crippen molar-refractivity contribution in [2.75, 3.05) is 11.1 Å². The molecule has 0 aliphatic heterocycles. The zero-order valence-corrected chi connectivity index (χ0v) is 21.3. The summed E-state index contributed by atoms with van der Waals surface area (Å²) in [5.74, 6) is 2.02. The first kappa shape index (κ1) is 25.1. The van der Waals surface area contributed by atoms with Gasteiger partial charge in [-0.05, 0) is 60.0 Å². The van der Waals surface area contributed by atoms with Crippen LogP contribution in [0.3, 0.4) is 0 Å². The van der Waals surface area contributed by atoms with Crippen LogP contribution in [0.4, 0.5) is 17.1 Å². The number of thioether (sulfide) groups is 1. The maximum atomic E-state index is 12.4. The molecule has 0 atom stereocenters. The number of amides is 1. The van der Waals surface area contributed by atoms with Crippen LogP contribution in [0.2, 0.25) is 0 Å². The average Bonchev–Trinajstić information content (AvgIpc) is 3.25. The molecular formula is C27H28N6O2S. The third kappa shape index (κ3) is 7.02. The van der Waals surface area contributed by atoms with Crippen LogP contribution in [0.1, 0.15) is 31.2 Å². The number of azo groups is 1. The summed E-state index contributed by atoms with van der Waals surface area (Å²) in [7, 11) is 1.86. The first-order valence-corrected chi connectivity index (χ1v) is 12.6. The summed E-state index contributed by atoms with van der Waals surface area (Å²) in [5, 5.41) is 20.3. The predicted molar refractivity (Wildman–Crippen MR) is 142 cm³/mol. The molecule has 36 heavy (non-hydrogen) atoms. The van der Waals surface area contributed by atoms with Crippen molar-refractivity contribution in [1.82, 2.24) is 14.8 Å². The van der Waals surface area contributed by atoms with E-state index in [1.807, 2.05) is 54.1 Å². The number of hydrogen-bond acceptors (Lipinski definition) is 7. The number of carbonyl (C=O) groups is 1. The van der Waals surface area contributed by atoms with Crippen LogP contribution in [-0.4, -0.2) is 26.4 Å². The average molecular weight is 501 g/mol. The zero-order valence-electron chi connectivity index (χ0n) is 20.5. The first-order chi connectivity index (χ1) is 17.5. The van der Waals surface area contributed by atoms with E-state index < -0.39 is 0 Å². The maximum absolute atomic E-state index is 12.4. The molecule has 0 unspecified atom stereocenters. The monoisotopic (exact) mass is 500 g/mol. The van der Waals surface area contributed by atoms with Gasteiger partial charge in [0.15, 0.2) is 11.0 Å². The van der Waals surface area contributed by atoms with Crippen LogP contribution < -0.4 is 10.1 Å². The largest absolute Gasteiger partial charge is 0.486 e. The lowest BCUT2D eigenvalue weighted by atomic mass is 10.0. The Morgan fingerprint density at radius 3 is 2.28 bits per heavy atom. The highest BCUT2D eigenvalue weighted by atomic mass is 32.2. The summed E-state index contributed by atoms with van der Waals surface area (Å²) in [5.41, 5.74) is 3.44. The summed E-state index contributed by atoms with van der Waals surface area (Å²) in [6.45, 7) is 4.61. The van der Waals surface area contributed by atoms with Crippen molar-refractivity contribution in [3.63, 3.8) is 0 Å². The molecule has 184 valence electrons. The van der Waals surface area contributed by atoms with E-state index >= 15 is 0 Å². The molecule has 4 aromatic rings. The van der Waals surface area contributed by atoms with Crippen molar-refractivity contribution >= 4 is 34.7 Å². The molecule has 0 saturated carbocycles. The number of benzene rings is 3. The number of aromatic nitrogens is 3. The van der Waals surface area contributed by atoms with Crippen LogP contribution in [0.5, 0.6) is 5.75 Å².